The molecule has 1 fully saturated rings. The lowest BCUT2D eigenvalue weighted by Gasteiger charge is -2.29. The number of rotatable bonds is 4. The van der Waals surface area contributed by atoms with Gasteiger partial charge < -0.3 is 15.0 Å². The van der Waals surface area contributed by atoms with Gasteiger partial charge >= 0.3 is 0 Å². The van der Waals surface area contributed by atoms with Crippen LogP contribution in [0.3, 0.4) is 0 Å². The first-order valence-electron chi connectivity index (χ1n) is 6.85. The first-order valence-corrected chi connectivity index (χ1v) is 6.85. The maximum atomic E-state index is 12.4. The smallest absolute Gasteiger partial charge is 0.253 e. The summed E-state index contributed by atoms with van der Waals surface area (Å²) < 4.78 is 5.50. The third-order valence-corrected chi connectivity index (χ3v) is 3.40. The van der Waals surface area contributed by atoms with Gasteiger partial charge in [0.25, 0.3) is 5.91 Å². The summed E-state index contributed by atoms with van der Waals surface area (Å²) in [5.41, 5.74) is 1.48. The maximum Gasteiger partial charge on any atom is 0.253 e. The van der Waals surface area contributed by atoms with Crippen LogP contribution in [0.2, 0.25) is 0 Å². The van der Waals surface area contributed by atoms with Crippen LogP contribution in [-0.2, 0) is 16.1 Å². The Balaban J connectivity index is 2.08. The van der Waals surface area contributed by atoms with Crippen molar-refractivity contribution in [1.29, 1.82) is 5.26 Å². The Morgan fingerprint density at radius 3 is 3.00 bits per heavy atom. The fourth-order valence-corrected chi connectivity index (χ4v) is 2.25. The molecule has 0 radical (unpaired) electrons. The van der Waals surface area contributed by atoms with E-state index in [1.807, 2.05) is 25.1 Å². The number of nitrogens with one attached hydrogen (secondary N) is 1. The van der Waals surface area contributed by atoms with E-state index in [0.717, 1.165) is 12.1 Å². The van der Waals surface area contributed by atoms with E-state index in [9.17, 15) is 4.79 Å². The molecule has 106 valence electrons. The summed E-state index contributed by atoms with van der Waals surface area (Å²) in [6, 6.07) is 9.53. The number of hydrogen-bond donors (Lipinski definition) is 1. The largest absolute Gasteiger partial charge is 0.366 e. The molecule has 0 bridgehead atoms. The van der Waals surface area contributed by atoms with E-state index in [1.54, 1.807) is 11.0 Å². The summed E-state index contributed by atoms with van der Waals surface area (Å²) in [5.74, 6) is -0.0209. The van der Waals surface area contributed by atoms with Gasteiger partial charge in [0.2, 0.25) is 0 Å². The number of carbonyl (C=O) groups excluding carboxylic acids is 1. The van der Waals surface area contributed by atoms with Gasteiger partial charge in [-0.1, -0.05) is 18.2 Å². The Hall–Kier alpha value is -1.90. The van der Waals surface area contributed by atoms with Crippen LogP contribution in [0.5, 0.6) is 0 Å². The zero-order chi connectivity index (χ0) is 14.4. The molecular formula is C15H19N3O2. The number of likely N-dealkylation sites (N-methyl/N-ethyl adjacent to an activating group) is 1. The van der Waals surface area contributed by atoms with Crippen molar-refractivity contribution >= 4 is 5.91 Å². The fraction of sp³-hybridized carbons (Fsp3) is 0.467. The van der Waals surface area contributed by atoms with Crippen LogP contribution in [0.15, 0.2) is 24.3 Å². The van der Waals surface area contributed by atoms with Crippen LogP contribution < -0.4 is 5.32 Å². The second-order valence-electron chi connectivity index (χ2n) is 4.68. The van der Waals surface area contributed by atoms with Crippen molar-refractivity contribution in [2.45, 2.75) is 19.6 Å². The molecule has 2 rings (SSSR count). The van der Waals surface area contributed by atoms with Crippen LogP contribution >= 0.6 is 0 Å². The number of nitrogens with zero attached hydrogens (tertiary/aromatic N) is 2. The topological polar surface area (TPSA) is 65.4 Å². The van der Waals surface area contributed by atoms with Crippen molar-refractivity contribution in [1.82, 2.24) is 10.2 Å². The Morgan fingerprint density at radius 1 is 1.55 bits per heavy atom. The minimum Gasteiger partial charge on any atom is -0.366 e. The molecule has 0 spiro atoms. The second-order valence-corrected chi connectivity index (χ2v) is 4.68. The van der Waals surface area contributed by atoms with Gasteiger partial charge in [-0.2, -0.15) is 5.26 Å². The van der Waals surface area contributed by atoms with Crippen LogP contribution in [0.1, 0.15) is 18.1 Å². The van der Waals surface area contributed by atoms with E-state index < -0.39 is 6.10 Å². The van der Waals surface area contributed by atoms with E-state index in [0.29, 0.717) is 31.8 Å². The van der Waals surface area contributed by atoms with Gasteiger partial charge in [0.15, 0.2) is 0 Å². The highest BCUT2D eigenvalue weighted by molar-refractivity contribution is 5.81. The van der Waals surface area contributed by atoms with E-state index in [2.05, 4.69) is 11.4 Å². The van der Waals surface area contributed by atoms with Gasteiger partial charge in [0.05, 0.1) is 18.2 Å². The molecule has 1 saturated heterocycles. The molecule has 1 unspecified atom stereocenters. The van der Waals surface area contributed by atoms with Crippen molar-refractivity contribution in [2.24, 2.45) is 0 Å². The molecular weight excluding hydrogens is 254 g/mol. The fourth-order valence-electron chi connectivity index (χ4n) is 2.25. The number of ether oxygens (including phenoxy) is 1. The van der Waals surface area contributed by atoms with Crippen molar-refractivity contribution in [3.8, 4) is 6.07 Å². The summed E-state index contributed by atoms with van der Waals surface area (Å²) in [4.78, 5) is 14.1. The summed E-state index contributed by atoms with van der Waals surface area (Å²) in [7, 11) is 0. The average molecular weight is 273 g/mol. The molecule has 1 N–H and O–H groups in total. The summed E-state index contributed by atoms with van der Waals surface area (Å²) in [6.45, 7) is 4.87. The Labute approximate surface area is 119 Å². The molecule has 5 nitrogen and oxygen atoms in total. The van der Waals surface area contributed by atoms with Crippen molar-refractivity contribution < 1.29 is 9.53 Å². The number of carbonyl (C=O) groups is 1. The minimum atomic E-state index is -0.419. The van der Waals surface area contributed by atoms with Gasteiger partial charge in [-0.15, -0.1) is 0 Å². The molecule has 5 heteroatoms. The zero-order valence-electron chi connectivity index (χ0n) is 11.6. The SMILES string of the molecule is CCN(Cc1ccccc1C#N)C(=O)C1CNCCO1. The molecule has 1 heterocycles. The first-order chi connectivity index (χ1) is 9.76. The monoisotopic (exact) mass is 273 g/mol. The summed E-state index contributed by atoms with van der Waals surface area (Å²) in [6.07, 6.45) is -0.419. The highest BCUT2D eigenvalue weighted by Crippen LogP contribution is 2.12. The van der Waals surface area contributed by atoms with Crippen LogP contribution in [0, 0.1) is 11.3 Å². The number of morpholine rings is 1. The van der Waals surface area contributed by atoms with Gasteiger partial charge in [0, 0.05) is 26.2 Å². The molecule has 0 aliphatic carbocycles. The predicted octanol–water partition coefficient (Wildman–Crippen LogP) is 0.895. The number of nitriles is 1. The molecule has 1 aliphatic heterocycles. The molecule has 1 aromatic carbocycles. The highest BCUT2D eigenvalue weighted by Gasteiger charge is 2.26. The predicted molar refractivity (Wildman–Crippen MR) is 74.9 cm³/mol. The van der Waals surface area contributed by atoms with Gasteiger partial charge in [-0.3, -0.25) is 4.79 Å². The average Bonchev–Trinajstić information content (AvgIpc) is 2.53. The Kier molecular flexibility index (Phi) is 5.10. The normalized spacial score (nSPS) is 18.3. The van der Waals surface area contributed by atoms with Crippen molar-refractivity contribution in [3.05, 3.63) is 35.4 Å². The lowest BCUT2D eigenvalue weighted by molar-refractivity contribution is -0.145. The molecule has 20 heavy (non-hydrogen) atoms. The van der Waals surface area contributed by atoms with Gasteiger partial charge in [0.1, 0.15) is 6.10 Å². The first kappa shape index (κ1) is 14.5. The molecule has 1 aliphatic rings. The Bertz CT molecular complexity index is 504. The molecule has 1 aromatic rings. The molecule has 1 amide bonds. The zero-order valence-corrected chi connectivity index (χ0v) is 11.6. The van der Waals surface area contributed by atoms with Crippen LogP contribution in [-0.4, -0.2) is 43.2 Å². The number of hydrogen-bond acceptors (Lipinski definition) is 4. The number of benzene rings is 1. The maximum absolute atomic E-state index is 12.4. The van der Waals surface area contributed by atoms with Gasteiger partial charge in [-0.05, 0) is 18.6 Å². The van der Waals surface area contributed by atoms with E-state index >= 15 is 0 Å². The van der Waals surface area contributed by atoms with Crippen LogP contribution in [0.25, 0.3) is 0 Å². The highest BCUT2D eigenvalue weighted by atomic mass is 16.5. The number of amides is 1. The lowest BCUT2D eigenvalue weighted by atomic mass is 10.1. The minimum absolute atomic E-state index is 0.0209. The Morgan fingerprint density at radius 2 is 2.35 bits per heavy atom. The lowest BCUT2D eigenvalue weighted by Crippen LogP contribution is -2.49. The van der Waals surface area contributed by atoms with E-state index in [4.69, 9.17) is 10.00 Å². The molecule has 0 aromatic heterocycles. The molecule has 0 saturated carbocycles. The summed E-state index contributed by atoms with van der Waals surface area (Å²) >= 11 is 0. The van der Waals surface area contributed by atoms with Crippen molar-refractivity contribution in [2.75, 3.05) is 26.2 Å². The standard InChI is InChI=1S/C15H19N3O2/c1-2-18(15(19)14-10-17-7-8-20-14)11-13-6-4-3-5-12(13)9-16/h3-6,14,17H,2,7-8,10-11H2,1H3. The quantitative estimate of drug-likeness (QED) is 0.885. The summed E-state index contributed by atoms with van der Waals surface area (Å²) in [5, 5.41) is 12.3. The van der Waals surface area contributed by atoms with E-state index in [1.165, 1.54) is 0 Å². The van der Waals surface area contributed by atoms with Crippen LogP contribution in [0.4, 0.5) is 0 Å². The van der Waals surface area contributed by atoms with Crippen molar-refractivity contribution in [3.63, 3.8) is 0 Å². The molecule has 1 atom stereocenters. The third-order valence-electron chi connectivity index (χ3n) is 3.40. The van der Waals surface area contributed by atoms with Gasteiger partial charge in [-0.25, -0.2) is 0 Å². The van der Waals surface area contributed by atoms with E-state index in [-0.39, 0.29) is 5.91 Å². The third kappa shape index (κ3) is 3.35. The second kappa shape index (κ2) is 7.04.